The number of allylic oxidation sites excluding steroid dienone is 4. The van der Waals surface area contributed by atoms with E-state index >= 15 is 0 Å². The van der Waals surface area contributed by atoms with Gasteiger partial charge in [-0.25, -0.2) is 0 Å². The molecule has 0 aromatic heterocycles. The zero-order chi connectivity index (χ0) is 9.03. The van der Waals surface area contributed by atoms with E-state index in [0.29, 0.717) is 0 Å². The van der Waals surface area contributed by atoms with Crippen molar-refractivity contribution in [1.29, 1.82) is 0 Å². The third-order valence-corrected chi connectivity index (χ3v) is 9.28. The molecule has 0 saturated carbocycles. The first-order valence-corrected chi connectivity index (χ1v) is 7.77. The van der Waals surface area contributed by atoms with Crippen LogP contribution in [0.3, 0.4) is 0 Å². The average Bonchev–Trinajstić information content (AvgIpc) is 2.62. The largest absolute Gasteiger partial charge is 0 e. The number of hydrogen-bond acceptors (Lipinski definition) is 0. The quantitative estimate of drug-likeness (QED) is 0.526. The Labute approximate surface area is 93.7 Å². The fraction of sp³-hybridized carbons (Fsp3) is 0.636. The first kappa shape index (κ1) is 13.4. The Morgan fingerprint density at radius 1 is 1.15 bits per heavy atom. The average molecular weight is 248 g/mol. The molecule has 0 saturated heterocycles. The standard InChI is InChI=1S/C11H21P.Cu/c1-4-12(5-2,6-3)11-9-7-8-10-11;/h7-9,12H,4-6,10H2,1-3H3;. The van der Waals surface area contributed by atoms with E-state index in [2.05, 4.69) is 39.0 Å². The van der Waals surface area contributed by atoms with Gasteiger partial charge >= 0.3 is 76.5 Å². The number of rotatable bonds is 4. The Morgan fingerprint density at radius 3 is 2.00 bits per heavy atom. The van der Waals surface area contributed by atoms with Crippen LogP contribution in [0.2, 0.25) is 0 Å². The summed E-state index contributed by atoms with van der Waals surface area (Å²) < 4.78 is 0. The van der Waals surface area contributed by atoms with Crippen LogP contribution < -0.4 is 0 Å². The zero-order valence-corrected chi connectivity index (χ0v) is 10.8. The Morgan fingerprint density at radius 2 is 1.69 bits per heavy atom. The summed E-state index contributed by atoms with van der Waals surface area (Å²) in [5, 5.41) is 1.79. The minimum atomic E-state index is -0.986. The summed E-state index contributed by atoms with van der Waals surface area (Å²) in [5.74, 6) is 0. The van der Waals surface area contributed by atoms with E-state index in [0.717, 1.165) is 0 Å². The molecule has 1 rings (SSSR count). The van der Waals surface area contributed by atoms with E-state index in [-0.39, 0.29) is 17.1 Å². The van der Waals surface area contributed by atoms with Gasteiger partial charge in [0.2, 0.25) is 0 Å². The summed E-state index contributed by atoms with van der Waals surface area (Å²) in [7, 11) is -0.986. The summed E-state index contributed by atoms with van der Waals surface area (Å²) in [6.45, 7) is 7.12. The van der Waals surface area contributed by atoms with Crippen molar-refractivity contribution < 1.29 is 17.1 Å². The molecule has 0 fully saturated rings. The van der Waals surface area contributed by atoms with Crippen molar-refractivity contribution in [3.63, 3.8) is 0 Å². The van der Waals surface area contributed by atoms with Gasteiger partial charge in [-0.05, 0) is 0 Å². The molecule has 1 aliphatic rings. The van der Waals surface area contributed by atoms with Crippen molar-refractivity contribution >= 4 is 7.26 Å². The molecular formula is C11H21CuP. The maximum Gasteiger partial charge on any atom is 0 e. The predicted octanol–water partition coefficient (Wildman–Crippen LogP) is 3.64. The van der Waals surface area contributed by atoms with Gasteiger partial charge in [-0.3, -0.25) is 0 Å². The minimum absolute atomic E-state index is 0. The van der Waals surface area contributed by atoms with Crippen molar-refractivity contribution in [2.75, 3.05) is 18.5 Å². The van der Waals surface area contributed by atoms with Crippen molar-refractivity contribution in [3.05, 3.63) is 23.5 Å². The molecule has 0 spiro atoms. The van der Waals surface area contributed by atoms with E-state index in [1.807, 2.05) is 0 Å². The molecule has 0 nitrogen and oxygen atoms in total. The van der Waals surface area contributed by atoms with E-state index in [1.165, 1.54) is 24.9 Å². The smallest absolute Gasteiger partial charge is 0 e. The van der Waals surface area contributed by atoms with Gasteiger partial charge in [-0.15, -0.1) is 0 Å². The molecular weight excluding hydrogens is 227 g/mol. The SMILES string of the molecule is CC[PH](CC)(CC)C1=CC=CC1.[Cu]. The maximum absolute atomic E-state index is 2.38. The van der Waals surface area contributed by atoms with E-state index in [4.69, 9.17) is 0 Å². The third kappa shape index (κ3) is 2.69. The summed E-state index contributed by atoms with van der Waals surface area (Å²) in [5.41, 5.74) is 0. The summed E-state index contributed by atoms with van der Waals surface area (Å²) in [6.07, 6.45) is 12.4. The van der Waals surface area contributed by atoms with Crippen LogP contribution in [0.4, 0.5) is 0 Å². The second-order valence-electron chi connectivity index (χ2n) is 3.67. The Hall–Kier alpha value is 0.429. The van der Waals surface area contributed by atoms with Crippen LogP contribution in [0.5, 0.6) is 0 Å². The monoisotopic (exact) mass is 247 g/mol. The van der Waals surface area contributed by atoms with Gasteiger partial charge in [0.15, 0.2) is 0 Å². The van der Waals surface area contributed by atoms with Crippen molar-refractivity contribution in [1.82, 2.24) is 0 Å². The van der Waals surface area contributed by atoms with Crippen molar-refractivity contribution in [2.24, 2.45) is 0 Å². The molecule has 0 N–H and O–H groups in total. The Balaban J connectivity index is 0.00000144. The van der Waals surface area contributed by atoms with Crippen LogP contribution >= 0.6 is 7.26 Å². The topological polar surface area (TPSA) is 0 Å². The molecule has 0 amide bonds. The van der Waals surface area contributed by atoms with E-state index in [1.54, 1.807) is 5.31 Å². The zero-order valence-electron chi connectivity index (χ0n) is 8.86. The van der Waals surface area contributed by atoms with E-state index < -0.39 is 7.26 Å². The van der Waals surface area contributed by atoms with Gasteiger partial charge in [0, 0.05) is 17.1 Å². The predicted molar refractivity (Wildman–Crippen MR) is 61.8 cm³/mol. The maximum atomic E-state index is 2.38. The molecule has 0 bridgehead atoms. The molecule has 0 unspecified atom stereocenters. The van der Waals surface area contributed by atoms with Crippen LogP contribution in [0.15, 0.2) is 23.5 Å². The van der Waals surface area contributed by atoms with Crippen LogP contribution in [0.25, 0.3) is 0 Å². The molecule has 13 heavy (non-hydrogen) atoms. The molecule has 1 aliphatic carbocycles. The molecule has 2 heteroatoms. The first-order valence-electron chi connectivity index (χ1n) is 5.15. The molecule has 0 aliphatic heterocycles. The van der Waals surface area contributed by atoms with Crippen LogP contribution in [0, 0.1) is 0 Å². The first-order chi connectivity index (χ1) is 5.79. The molecule has 1 radical (unpaired) electrons. The summed E-state index contributed by atoms with van der Waals surface area (Å²) in [6, 6.07) is 0. The molecule has 0 aromatic carbocycles. The van der Waals surface area contributed by atoms with Crippen LogP contribution in [0.1, 0.15) is 27.2 Å². The van der Waals surface area contributed by atoms with Gasteiger partial charge in [0.05, 0.1) is 0 Å². The second-order valence-corrected chi connectivity index (χ2v) is 8.99. The molecule has 0 heterocycles. The van der Waals surface area contributed by atoms with Crippen LogP contribution in [-0.2, 0) is 17.1 Å². The van der Waals surface area contributed by atoms with Crippen molar-refractivity contribution in [3.8, 4) is 0 Å². The Bertz CT molecular complexity index is 194. The molecule has 0 atom stereocenters. The second kappa shape index (κ2) is 6.02. The third-order valence-electron chi connectivity index (χ3n) is 3.48. The Kier molecular flexibility index (Phi) is 6.21. The van der Waals surface area contributed by atoms with Gasteiger partial charge in [-0.1, -0.05) is 0 Å². The van der Waals surface area contributed by atoms with Gasteiger partial charge in [-0.2, -0.15) is 0 Å². The van der Waals surface area contributed by atoms with Gasteiger partial charge < -0.3 is 0 Å². The minimum Gasteiger partial charge on any atom is 0 e. The van der Waals surface area contributed by atoms with Gasteiger partial charge in [0.1, 0.15) is 0 Å². The van der Waals surface area contributed by atoms with E-state index in [9.17, 15) is 0 Å². The van der Waals surface area contributed by atoms with Crippen LogP contribution in [-0.4, -0.2) is 18.5 Å². The fourth-order valence-electron chi connectivity index (χ4n) is 2.27. The summed E-state index contributed by atoms with van der Waals surface area (Å²) in [4.78, 5) is 0. The normalized spacial score (nSPS) is 16.7. The molecule has 0 aromatic rings. The number of hydrogen-bond donors (Lipinski definition) is 0. The van der Waals surface area contributed by atoms with Crippen molar-refractivity contribution in [2.45, 2.75) is 27.2 Å². The fourth-order valence-corrected chi connectivity index (χ4v) is 6.13. The molecule has 81 valence electrons. The van der Waals surface area contributed by atoms with Gasteiger partial charge in [0.25, 0.3) is 0 Å². The summed E-state index contributed by atoms with van der Waals surface area (Å²) >= 11 is 0.